The first-order chi connectivity index (χ1) is 16.5. The molecule has 0 aromatic heterocycles. The molecule has 0 heterocycles. The summed E-state index contributed by atoms with van der Waals surface area (Å²) in [6, 6.07) is 0. The lowest BCUT2D eigenvalue weighted by atomic mass is 9.96. The van der Waals surface area contributed by atoms with Crippen molar-refractivity contribution in [1.29, 1.82) is 0 Å². The summed E-state index contributed by atoms with van der Waals surface area (Å²) < 4.78 is 0. The highest BCUT2D eigenvalue weighted by Gasteiger charge is 2.40. The van der Waals surface area contributed by atoms with Crippen molar-refractivity contribution >= 4 is 47.8 Å². The van der Waals surface area contributed by atoms with Crippen LogP contribution in [0.3, 0.4) is 0 Å². The summed E-state index contributed by atoms with van der Waals surface area (Å²) in [7, 11) is 0. The molecule has 0 amide bonds. The molecule has 214 valence electrons. The van der Waals surface area contributed by atoms with E-state index < -0.39 is 84.5 Å². The zero-order valence-corrected chi connectivity index (χ0v) is 18.7. The molecule has 0 radical (unpaired) electrons. The van der Waals surface area contributed by atoms with Gasteiger partial charge in [0.1, 0.15) is 6.10 Å². The van der Waals surface area contributed by atoms with Crippen LogP contribution >= 0.6 is 0 Å². The number of aliphatic carboxylic acids is 8. The molecule has 12 N–H and O–H groups in total. The van der Waals surface area contributed by atoms with E-state index in [9.17, 15) is 38.4 Å². The first kappa shape index (κ1) is 39.8. The minimum Gasteiger partial charge on any atom is -0.481 e. The van der Waals surface area contributed by atoms with Crippen LogP contribution in [0.4, 0.5) is 0 Å². The number of carbonyl (C=O) groups is 8. The smallest absolute Gasteiger partial charge is 0.336 e. The van der Waals surface area contributed by atoms with Crippen molar-refractivity contribution in [3.63, 3.8) is 0 Å². The zero-order chi connectivity index (χ0) is 30.7. The van der Waals surface area contributed by atoms with E-state index in [1.165, 1.54) is 6.92 Å². The maximum absolute atomic E-state index is 10.3. The van der Waals surface area contributed by atoms with E-state index in [-0.39, 0.29) is 12.8 Å². The maximum Gasteiger partial charge on any atom is 0.336 e. The number of carboxylic acids is 8. The molecule has 0 bridgehead atoms. The van der Waals surface area contributed by atoms with E-state index in [1.54, 1.807) is 0 Å². The van der Waals surface area contributed by atoms with Crippen LogP contribution in [0.1, 0.15) is 32.6 Å². The highest BCUT2D eigenvalue weighted by atomic mass is 16.4. The molecule has 0 spiro atoms. The van der Waals surface area contributed by atoms with Gasteiger partial charge in [0, 0.05) is 0 Å². The van der Waals surface area contributed by atoms with Crippen LogP contribution in [0.15, 0.2) is 0 Å². The van der Waals surface area contributed by atoms with Gasteiger partial charge < -0.3 is 61.3 Å². The van der Waals surface area contributed by atoms with Crippen molar-refractivity contribution in [1.82, 2.24) is 0 Å². The molecule has 0 saturated carbocycles. The topological polar surface area (TPSA) is 379 Å². The molecule has 0 saturated heterocycles. The largest absolute Gasteiger partial charge is 0.481 e. The molecule has 0 rings (SSSR count). The number of hydrogen-bond donors (Lipinski definition) is 12. The third kappa shape index (κ3) is 26.1. The van der Waals surface area contributed by atoms with Crippen LogP contribution in [0.2, 0.25) is 0 Å². The summed E-state index contributed by atoms with van der Waals surface area (Å²) in [5.41, 5.74) is -2.74. The summed E-state index contributed by atoms with van der Waals surface area (Å²) in [6.45, 7) is 1.20. The highest BCUT2D eigenvalue weighted by Crippen LogP contribution is 2.15. The van der Waals surface area contributed by atoms with Crippen LogP contribution in [0, 0.1) is 0 Å². The van der Waals surface area contributed by atoms with Crippen molar-refractivity contribution in [2.45, 2.75) is 56.5 Å². The predicted molar refractivity (Wildman–Crippen MR) is 108 cm³/mol. The third-order valence-electron chi connectivity index (χ3n) is 3.00. The number of aliphatic hydroxyl groups is 4. The van der Waals surface area contributed by atoms with Gasteiger partial charge in [-0.15, -0.1) is 0 Å². The van der Waals surface area contributed by atoms with Crippen LogP contribution in [-0.2, 0) is 38.4 Å². The van der Waals surface area contributed by atoms with Gasteiger partial charge in [0.15, 0.2) is 17.8 Å². The lowest BCUT2D eigenvalue weighted by Crippen LogP contribution is -2.42. The van der Waals surface area contributed by atoms with Gasteiger partial charge in [-0.25, -0.2) is 19.2 Å². The van der Waals surface area contributed by atoms with Crippen LogP contribution in [-0.4, -0.2) is 133 Å². The van der Waals surface area contributed by atoms with Crippen molar-refractivity contribution in [2.75, 3.05) is 0 Å². The predicted octanol–water partition coefficient (Wildman–Crippen LogP) is -3.98. The Balaban J connectivity index is -0.000000204. The fraction of sp³-hybridized carbons (Fsp3) is 0.529. The first-order valence-corrected chi connectivity index (χ1v) is 9.07. The van der Waals surface area contributed by atoms with E-state index in [4.69, 9.17) is 61.3 Å². The quantitative estimate of drug-likeness (QED) is 0.110. The molecule has 0 fully saturated rings. The van der Waals surface area contributed by atoms with Crippen molar-refractivity contribution in [2.24, 2.45) is 0 Å². The van der Waals surface area contributed by atoms with Gasteiger partial charge in [0.05, 0.1) is 25.7 Å². The summed E-state index contributed by atoms with van der Waals surface area (Å²) in [5.74, 6) is -11.9. The van der Waals surface area contributed by atoms with Gasteiger partial charge in [-0.05, 0) is 6.92 Å². The molecule has 20 heteroatoms. The summed E-state index contributed by atoms with van der Waals surface area (Å²) in [6.07, 6.45) is -8.64. The third-order valence-corrected chi connectivity index (χ3v) is 3.00. The lowest BCUT2D eigenvalue weighted by Gasteiger charge is -2.18. The average molecular weight is 550 g/mol. The Morgan fingerprint density at radius 3 is 0.892 bits per heavy atom. The normalized spacial score (nSPS) is 12.1. The van der Waals surface area contributed by atoms with E-state index in [0.717, 1.165) is 0 Å². The number of hydrogen-bond acceptors (Lipinski definition) is 12. The average Bonchev–Trinajstić information content (AvgIpc) is 2.70. The van der Waals surface area contributed by atoms with Crippen LogP contribution < -0.4 is 0 Å². The van der Waals surface area contributed by atoms with E-state index >= 15 is 0 Å². The highest BCUT2D eigenvalue weighted by molar-refractivity contribution is 5.88. The Morgan fingerprint density at radius 1 is 0.541 bits per heavy atom. The molecule has 0 aliphatic rings. The molecular formula is C17H26O20. The Kier molecular flexibility index (Phi) is 21.4. The molecule has 0 aromatic rings. The minimum atomic E-state index is -2.74. The molecule has 0 aromatic carbocycles. The molecule has 20 nitrogen and oxygen atoms in total. The van der Waals surface area contributed by atoms with Gasteiger partial charge >= 0.3 is 47.8 Å². The first-order valence-electron chi connectivity index (χ1n) is 9.07. The van der Waals surface area contributed by atoms with E-state index in [2.05, 4.69) is 0 Å². The van der Waals surface area contributed by atoms with Gasteiger partial charge in [-0.1, -0.05) is 0 Å². The summed E-state index contributed by atoms with van der Waals surface area (Å²) in [4.78, 5) is 78.8. The number of aliphatic hydroxyl groups excluding tert-OH is 3. The second kappa shape index (κ2) is 19.9. The Bertz CT molecular complexity index is 766. The molecule has 0 aliphatic carbocycles. The molecule has 37 heavy (non-hydrogen) atoms. The van der Waals surface area contributed by atoms with E-state index in [1.807, 2.05) is 0 Å². The fourth-order valence-corrected chi connectivity index (χ4v) is 1.20. The molecule has 3 atom stereocenters. The summed E-state index contributed by atoms with van der Waals surface area (Å²) in [5, 5.41) is 97.9. The minimum absolute atomic E-state index is 0.296. The second-order valence-corrected chi connectivity index (χ2v) is 6.35. The monoisotopic (exact) mass is 550 g/mol. The number of carboxylic acid groups (broad SMARTS) is 8. The Labute approximate surface area is 204 Å². The maximum atomic E-state index is 10.3. The molecule has 0 aliphatic heterocycles. The van der Waals surface area contributed by atoms with Gasteiger partial charge in [0.2, 0.25) is 0 Å². The fourth-order valence-electron chi connectivity index (χ4n) is 1.20. The molecular weight excluding hydrogens is 524 g/mol. The SMILES string of the molecule is CC(O)C(=O)O.O=C(O)C(O)C(O)C(=O)O.O=C(O)CC(O)(CC(=O)O)C(=O)O.O=C(O)CCC(=O)O. The van der Waals surface area contributed by atoms with Crippen LogP contribution in [0.5, 0.6) is 0 Å². The van der Waals surface area contributed by atoms with Crippen LogP contribution in [0.25, 0.3) is 0 Å². The van der Waals surface area contributed by atoms with Crippen molar-refractivity contribution < 1.29 is 99.6 Å². The van der Waals surface area contributed by atoms with Gasteiger partial charge in [-0.3, -0.25) is 19.2 Å². The number of rotatable bonds is 12. The standard InChI is InChI=1S/C6H8O7.C4H6O6.C4H6O4.C3H6O3/c7-3(8)1-6(13,5(11)12)2-4(9)10;5-1(3(7)8)2(6)4(9)10;5-3(6)1-2-4(7)8;1-2(4)3(5)6/h13H,1-2H2,(H,7,8)(H,9,10)(H,11,12);1-2,5-6H,(H,7,8)(H,9,10);1-2H2,(H,5,6)(H,7,8);2,4H,1H3,(H,5,6). The van der Waals surface area contributed by atoms with E-state index in [0.29, 0.717) is 0 Å². The molecule has 3 unspecified atom stereocenters. The second-order valence-electron chi connectivity index (χ2n) is 6.35. The lowest BCUT2D eigenvalue weighted by molar-refractivity contribution is -0.170. The van der Waals surface area contributed by atoms with Gasteiger partial charge in [-0.2, -0.15) is 0 Å². The zero-order valence-electron chi connectivity index (χ0n) is 18.7. The summed E-state index contributed by atoms with van der Waals surface area (Å²) >= 11 is 0. The van der Waals surface area contributed by atoms with Gasteiger partial charge in [0.25, 0.3) is 0 Å². The Morgan fingerprint density at radius 2 is 0.784 bits per heavy atom. The Hall–Kier alpha value is -4.40. The van der Waals surface area contributed by atoms with Crippen molar-refractivity contribution in [3.8, 4) is 0 Å². The van der Waals surface area contributed by atoms with Crippen molar-refractivity contribution in [3.05, 3.63) is 0 Å².